The number of aryl methyl sites for hydroxylation is 2. The molecule has 1 fully saturated rings. The van der Waals surface area contributed by atoms with Crippen molar-refractivity contribution >= 4 is 0 Å². The summed E-state index contributed by atoms with van der Waals surface area (Å²) in [6.07, 6.45) is 6.29. The third-order valence-corrected chi connectivity index (χ3v) is 5.24. The van der Waals surface area contributed by atoms with Crippen LogP contribution in [0.3, 0.4) is 0 Å². The van der Waals surface area contributed by atoms with E-state index >= 15 is 0 Å². The summed E-state index contributed by atoms with van der Waals surface area (Å²) in [5.74, 6) is 0.548. The number of aromatic amines is 2. The molecule has 25 heavy (non-hydrogen) atoms. The third-order valence-electron chi connectivity index (χ3n) is 5.24. The average molecular weight is 335 g/mol. The predicted molar refractivity (Wildman–Crippen MR) is 99.3 cm³/mol. The topological polar surface area (TPSA) is 60.6 Å². The minimum Gasteiger partial charge on any atom is -0.298 e. The second-order valence-electron chi connectivity index (χ2n) is 7.17. The Hall–Kier alpha value is -2.40. The van der Waals surface area contributed by atoms with Crippen molar-refractivity contribution in [3.8, 4) is 11.3 Å². The molecule has 0 saturated carbocycles. The molecule has 1 saturated heterocycles. The highest BCUT2D eigenvalue weighted by molar-refractivity contribution is 5.67. The molecule has 3 aromatic rings. The molecule has 1 aromatic carbocycles. The van der Waals surface area contributed by atoms with Crippen molar-refractivity contribution in [1.29, 1.82) is 0 Å². The Morgan fingerprint density at radius 3 is 2.92 bits per heavy atom. The van der Waals surface area contributed by atoms with Gasteiger partial charge < -0.3 is 0 Å². The molecule has 2 aromatic heterocycles. The standard InChI is InChI=1S/C20H25N5/c1-14-5-6-15(2)18(10-14)20-17(11-22-24-20)13-25-9-3-4-16(12-25)19-7-8-21-23-19/h5-8,10-11,16H,3-4,9,12-13H2,1-2H3,(H,21,23)(H,22,24)/t16-/m1/s1. The van der Waals surface area contributed by atoms with Crippen LogP contribution in [0.15, 0.2) is 36.7 Å². The first-order chi connectivity index (χ1) is 12.2. The van der Waals surface area contributed by atoms with E-state index in [9.17, 15) is 0 Å². The van der Waals surface area contributed by atoms with Crippen molar-refractivity contribution in [3.63, 3.8) is 0 Å². The van der Waals surface area contributed by atoms with Crippen LogP contribution in [0.1, 0.15) is 41.1 Å². The number of likely N-dealkylation sites (tertiary alicyclic amines) is 1. The number of hydrogen-bond donors (Lipinski definition) is 2. The second-order valence-corrected chi connectivity index (χ2v) is 7.17. The molecule has 0 spiro atoms. The highest BCUT2D eigenvalue weighted by Crippen LogP contribution is 2.30. The molecule has 1 aliphatic rings. The van der Waals surface area contributed by atoms with E-state index < -0.39 is 0 Å². The summed E-state index contributed by atoms with van der Waals surface area (Å²) in [6, 6.07) is 8.70. The van der Waals surface area contributed by atoms with Crippen LogP contribution in [-0.4, -0.2) is 38.4 Å². The first-order valence-corrected chi connectivity index (χ1v) is 9.02. The molecule has 0 bridgehead atoms. The molecule has 2 N–H and O–H groups in total. The fraction of sp³-hybridized carbons (Fsp3) is 0.400. The van der Waals surface area contributed by atoms with Gasteiger partial charge in [-0.1, -0.05) is 17.7 Å². The summed E-state index contributed by atoms with van der Waals surface area (Å²) < 4.78 is 0. The molecule has 0 aliphatic carbocycles. The lowest BCUT2D eigenvalue weighted by atomic mass is 9.94. The van der Waals surface area contributed by atoms with Crippen molar-refractivity contribution in [2.75, 3.05) is 13.1 Å². The normalized spacial score (nSPS) is 18.6. The Balaban J connectivity index is 1.54. The van der Waals surface area contributed by atoms with Crippen LogP contribution in [0.25, 0.3) is 11.3 Å². The molecule has 0 radical (unpaired) electrons. The zero-order valence-electron chi connectivity index (χ0n) is 14.9. The summed E-state index contributed by atoms with van der Waals surface area (Å²) in [5.41, 5.74) is 7.51. The van der Waals surface area contributed by atoms with Gasteiger partial charge in [0.15, 0.2) is 0 Å². The number of nitrogens with one attached hydrogen (secondary N) is 2. The predicted octanol–water partition coefficient (Wildman–Crippen LogP) is 3.80. The van der Waals surface area contributed by atoms with Crippen molar-refractivity contribution in [1.82, 2.24) is 25.3 Å². The van der Waals surface area contributed by atoms with Crippen molar-refractivity contribution in [2.45, 2.75) is 39.2 Å². The zero-order valence-corrected chi connectivity index (χ0v) is 14.9. The summed E-state index contributed by atoms with van der Waals surface area (Å²) in [4.78, 5) is 2.54. The maximum absolute atomic E-state index is 4.34. The van der Waals surface area contributed by atoms with E-state index in [1.807, 2.05) is 12.4 Å². The quantitative estimate of drug-likeness (QED) is 0.762. The molecular weight excluding hydrogens is 310 g/mol. The van der Waals surface area contributed by atoms with Gasteiger partial charge >= 0.3 is 0 Å². The van der Waals surface area contributed by atoms with Gasteiger partial charge in [0.25, 0.3) is 0 Å². The largest absolute Gasteiger partial charge is 0.298 e. The van der Waals surface area contributed by atoms with E-state index in [0.717, 1.165) is 25.3 Å². The molecule has 1 aliphatic heterocycles. The molecule has 0 amide bonds. The number of nitrogens with zero attached hydrogens (tertiary/aromatic N) is 3. The summed E-state index contributed by atoms with van der Waals surface area (Å²) in [5, 5.41) is 14.8. The lowest BCUT2D eigenvalue weighted by Crippen LogP contribution is -2.34. The van der Waals surface area contributed by atoms with Gasteiger partial charge in [-0.3, -0.25) is 15.1 Å². The number of hydrogen-bond acceptors (Lipinski definition) is 3. The van der Waals surface area contributed by atoms with E-state index in [1.54, 1.807) is 0 Å². The Bertz CT molecular complexity index is 834. The van der Waals surface area contributed by atoms with Gasteiger partial charge in [-0.2, -0.15) is 10.2 Å². The molecule has 4 rings (SSSR count). The van der Waals surface area contributed by atoms with Crippen molar-refractivity contribution in [3.05, 3.63) is 59.0 Å². The molecule has 3 heterocycles. The molecule has 130 valence electrons. The smallest absolute Gasteiger partial charge is 0.0698 e. The van der Waals surface area contributed by atoms with Crippen LogP contribution < -0.4 is 0 Å². The fourth-order valence-electron chi connectivity index (χ4n) is 3.86. The first-order valence-electron chi connectivity index (χ1n) is 9.02. The molecule has 5 heteroatoms. The van der Waals surface area contributed by atoms with E-state index in [1.165, 1.54) is 40.8 Å². The van der Waals surface area contributed by atoms with E-state index in [-0.39, 0.29) is 0 Å². The van der Waals surface area contributed by atoms with Gasteiger partial charge in [0.05, 0.1) is 11.9 Å². The third kappa shape index (κ3) is 3.37. The Morgan fingerprint density at radius 2 is 2.08 bits per heavy atom. The van der Waals surface area contributed by atoms with E-state index in [2.05, 4.69) is 63.4 Å². The van der Waals surface area contributed by atoms with Crippen LogP contribution in [0, 0.1) is 13.8 Å². The average Bonchev–Trinajstić information content (AvgIpc) is 3.29. The van der Waals surface area contributed by atoms with E-state index in [0.29, 0.717) is 5.92 Å². The van der Waals surface area contributed by atoms with E-state index in [4.69, 9.17) is 0 Å². The Labute approximate surface area is 148 Å². The maximum atomic E-state index is 4.34. The highest BCUT2D eigenvalue weighted by atomic mass is 15.2. The maximum Gasteiger partial charge on any atom is 0.0698 e. The van der Waals surface area contributed by atoms with Crippen molar-refractivity contribution in [2.24, 2.45) is 0 Å². The Morgan fingerprint density at radius 1 is 1.16 bits per heavy atom. The lowest BCUT2D eigenvalue weighted by Gasteiger charge is -2.32. The van der Waals surface area contributed by atoms with Gasteiger partial charge in [0.2, 0.25) is 0 Å². The monoisotopic (exact) mass is 335 g/mol. The minimum atomic E-state index is 0.548. The van der Waals surface area contributed by atoms with Crippen LogP contribution in [-0.2, 0) is 6.54 Å². The first kappa shape index (κ1) is 16.1. The van der Waals surface area contributed by atoms with Gasteiger partial charge in [-0.15, -0.1) is 0 Å². The molecule has 1 atom stereocenters. The molecule has 5 nitrogen and oxygen atoms in total. The van der Waals surface area contributed by atoms with Crippen molar-refractivity contribution < 1.29 is 0 Å². The summed E-state index contributed by atoms with van der Waals surface area (Å²) >= 11 is 0. The van der Waals surface area contributed by atoms with Gasteiger partial charge in [-0.25, -0.2) is 0 Å². The number of rotatable bonds is 4. The molecule has 0 unspecified atom stereocenters. The number of aromatic nitrogens is 4. The van der Waals surface area contributed by atoms with Gasteiger partial charge in [-0.05, 0) is 50.9 Å². The molecular formula is C20H25N5. The van der Waals surface area contributed by atoms with Gasteiger partial charge in [0, 0.05) is 42.0 Å². The zero-order chi connectivity index (χ0) is 17.2. The Kier molecular flexibility index (Phi) is 4.40. The number of benzene rings is 1. The number of H-pyrrole nitrogens is 2. The minimum absolute atomic E-state index is 0.548. The van der Waals surface area contributed by atoms with Crippen LogP contribution >= 0.6 is 0 Å². The summed E-state index contributed by atoms with van der Waals surface area (Å²) in [7, 11) is 0. The fourth-order valence-corrected chi connectivity index (χ4v) is 3.86. The lowest BCUT2D eigenvalue weighted by molar-refractivity contribution is 0.198. The van der Waals surface area contributed by atoms with Crippen LogP contribution in [0.5, 0.6) is 0 Å². The SMILES string of the molecule is Cc1ccc(C)c(-c2[nH]ncc2CN2CCC[C@@H](c3ccn[nH]3)C2)c1. The second kappa shape index (κ2) is 6.84. The highest BCUT2D eigenvalue weighted by Gasteiger charge is 2.23. The van der Waals surface area contributed by atoms with Crippen LogP contribution in [0.2, 0.25) is 0 Å². The summed E-state index contributed by atoms with van der Waals surface area (Å²) in [6.45, 7) is 7.44. The van der Waals surface area contributed by atoms with Gasteiger partial charge in [0.1, 0.15) is 0 Å². The van der Waals surface area contributed by atoms with Crippen LogP contribution in [0.4, 0.5) is 0 Å². The number of piperidine rings is 1.